The molecule has 1 aromatic carbocycles. The minimum atomic E-state index is 0.338. The maximum atomic E-state index is 12.3. The molecule has 0 aliphatic carbocycles. The molecule has 0 saturated carbocycles. The summed E-state index contributed by atoms with van der Waals surface area (Å²) in [7, 11) is 0. The van der Waals surface area contributed by atoms with E-state index in [1.807, 2.05) is 30.3 Å². The summed E-state index contributed by atoms with van der Waals surface area (Å²) >= 11 is 2.12. The Morgan fingerprint density at radius 3 is 2.55 bits per heavy atom. The van der Waals surface area contributed by atoms with E-state index in [1.165, 1.54) is 12.8 Å². The lowest BCUT2D eigenvalue weighted by Gasteiger charge is -2.26. The molecule has 2 saturated heterocycles. The van der Waals surface area contributed by atoms with Crippen molar-refractivity contribution in [2.75, 3.05) is 6.61 Å². The van der Waals surface area contributed by atoms with Crippen LogP contribution in [0.3, 0.4) is 0 Å². The first kappa shape index (κ1) is 14.0. The molecule has 2 bridgehead atoms. The predicted molar refractivity (Wildman–Crippen MR) is 83.3 cm³/mol. The molecule has 108 valence electrons. The first-order chi connectivity index (χ1) is 9.81. The summed E-state index contributed by atoms with van der Waals surface area (Å²) in [5.74, 6) is 1.70. The molecule has 2 fully saturated rings. The Morgan fingerprint density at radius 1 is 1.15 bits per heavy atom. The van der Waals surface area contributed by atoms with Gasteiger partial charge in [0.15, 0.2) is 0 Å². The third kappa shape index (κ3) is 3.57. The van der Waals surface area contributed by atoms with Crippen molar-refractivity contribution in [3.8, 4) is 5.75 Å². The number of para-hydroxylation sites is 1. The summed E-state index contributed by atoms with van der Waals surface area (Å²) in [6.45, 7) is 0.643. The van der Waals surface area contributed by atoms with Gasteiger partial charge in [-0.3, -0.25) is 4.79 Å². The largest absolute Gasteiger partial charge is 0.494 e. The molecule has 0 aromatic heterocycles. The Balaban J connectivity index is 1.37. The highest BCUT2D eigenvalue weighted by Crippen LogP contribution is 2.46. The fraction of sp³-hybridized carbons (Fsp3) is 0.588. The zero-order valence-electron chi connectivity index (χ0n) is 11.8. The minimum Gasteiger partial charge on any atom is -0.494 e. The number of carbonyl (C=O) groups excluding carboxylic acids is 1. The lowest BCUT2D eigenvalue weighted by Crippen LogP contribution is -2.24. The lowest BCUT2D eigenvalue weighted by atomic mass is 9.92. The molecular weight excluding hydrogens is 268 g/mol. The molecule has 0 amide bonds. The van der Waals surface area contributed by atoms with Crippen LogP contribution in [-0.4, -0.2) is 22.9 Å². The van der Waals surface area contributed by atoms with Crippen molar-refractivity contribution in [1.29, 1.82) is 0 Å². The summed E-state index contributed by atoms with van der Waals surface area (Å²) in [4.78, 5) is 12.3. The number of thioether (sulfide) groups is 1. The predicted octanol–water partition coefficient (Wildman–Crippen LogP) is 4.09. The number of hydrogen-bond acceptors (Lipinski definition) is 3. The minimum absolute atomic E-state index is 0.338. The van der Waals surface area contributed by atoms with Crippen LogP contribution in [0.15, 0.2) is 30.3 Å². The number of hydrogen-bond donors (Lipinski definition) is 0. The van der Waals surface area contributed by atoms with Crippen LogP contribution in [0.5, 0.6) is 5.75 Å². The Bertz CT molecular complexity index is 434. The van der Waals surface area contributed by atoms with Gasteiger partial charge in [-0.15, -0.1) is 0 Å². The molecule has 3 rings (SSSR count). The van der Waals surface area contributed by atoms with Gasteiger partial charge < -0.3 is 4.74 Å². The average molecular weight is 290 g/mol. The van der Waals surface area contributed by atoms with Gasteiger partial charge in [0, 0.05) is 22.8 Å². The molecule has 0 radical (unpaired) electrons. The molecule has 2 heterocycles. The number of Topliss-reactive ketones (excluding diaryl/α,β-unsaturated/α-hetero) is 1. The maximum absolute atomic E-state index is 12.3. The second-order valence-corrected chi connectivity index (χ2v) is 7.46. The van der Waals surface area contributed by atoms with Crippen LogP contribution in [0.25, 0.3) is 0 Å². The van der Waals surface area contributed by atoms with Crippen molar-refractivity contribution in [3.63, 3.8) is 0 Å². The van der Waals surface area contributed by atoms with Gasteiger partial charge in [0.2, 0.25) is 0 Å². The first-order valence-electron chi connectivity index (χ1n) is 7.67. The number of ether oxygens (including phenoxy) is 1. The Morgan fingerprint density at radius 2 is 1.85 bits per heavy atom. The molecule has 3 heteroatoms. The monoisotopic (exact) mass is 290 g/mol. The zero-order valence-corrected chi connectivity index (χ0v) is 12.6. The summed E-state index contributed by atoms with van der Waals surface area (Å²) in [6, 6.07) is 9.83. The van der Waals surface area contributed by atoms with E-state index in [9.17, 15) is 4.79 Å². The fourth-order valence-electron chi connectivity index (χ4n) is 3.28. The number of rotatable bonds is 6. The van der Waals surface area contributed by atoms with E-state index < -0.39 is 0 Å². The lowest BCUT2D eigenvalue weighted by molar-refractivity contribution is -0.123. The second-order valence-electron chi connectivity index (χ2n) is 5.86. The highest BCUT2D eigenvalue weighted by atomic mass is 32.2. The highest BCUT2D eigenvalue weighted by Gasteiger charge is 2.37. The SMILES string of the molecule is O=C(CCCOc1ccccc1)C1CC2CCC(C1)S2. The molecule has 20 heavy (non-hydrogen) atoms. The third-order valence-electron chi connectivity index (χ3n) is 4.33. The number of fused-ring (bicyclic) bond motifs is 2. The van der Waals surface area contributed by atoms with Crippen molar-refractivity contribution < 1.29 is 9.53 Å². The molecular formula is C17H22O2S. The van der Waals surface area contributed by atoms with Gasteiger partial charge in [0.05, 0.1) is 6.61 Å². The molecule has 2 aliphatic rings. The standard InChI is InChI=1S/C17H22O2S/c18-17(13-11-15-8-9-16(12-13)20-15)7-4-10-19-14-5-2-1-3-6-14/h1-3,5-6,13,15-16H,4,7-12H2. The Kier molecular flexibility index (Phi) is 4.66. The summed E-state index contributed by atoms with van der Waals surface area (Å²) in [5, 5.41) is 1.53. The van der Waals surface area contributed by atoms with E-state index in [1.54, 1.807) is 0 Å². The number of ketones is 1. The van der Waals surface area contributed by atoms with Gasteiger partial charge in [-0.05, 0) is 44.2 Å². The highest BCUT2D eigenvalue weighted by molar-refractivity contribution is 8.00. The molecule has 2 unspecified atom stereocenters. The number of carbonyl (C=O) groups is 1. The molecule has 0 N–H and O–H groups in total. The first-order valence-corrected chi connectivity index (χ1v) is 8.61. The van der Waals surface area contributed by atoms with Crippen LogP contribution in [-0.2, 0) is 4.79 Å². The van der Waals surface area contributed by atoms with E-state index in [0.717, 1.165) is 35.5 Å². The van der Waals surface area contributed by atoms with Gasteiger partial charge in [-0.2, -0.15) is 11.8 Å². The summed E-state index contributed by atoms with van der Waals surface area (Å²) in [6.07, 6.45) is 6.43. The molecule has 2 nitrogen and oxygen atoms in total. The van der Waals surface area contributed by atoms with Crippen LogP contribution in [0.4, 0.5) is 0 Å². The van der Waals surface area contributed by atoms with Crippen molar-refractivity contribution in [2.45, 2.75) is 49.0 Å². The summed E-state index contributed by atoms with van der Waals surface area (Å²) in [5.41, 5.74) is 0. The van der Waals surface area contributed by atoms with Crippen molar-refractivity contribution >= 4 is 17.5 Å². The Hall–Kier alpha value is -0.960. The average Bonchev–Trinajstić information content (AvgIpc) is 2.83. The summed E-state index contributed by atoms with van der Waals surface area (Å²) < 4.78 is 5.64. The topological polar surface area (TPSA) is 26.3 Å². The normalized spacial score (nSPS) is 28.3. The molecule has 1 aromatic rings. The van der Waals surface area contributed by atoms with E-state index >= 15 is 0 Å². The maximum Gasteiger partial charge on any atom is 0.136 e. The van der Waals surface area contributed by atoms with Crippen LogP contribution in [0.1, 0.15) is 38.5 Å². The zero-order chi connectivity index (χ0) is 13.8. The van der Waals surface area contributed by atoms with Crippen molar-refractivity contribution in [2.24, 2.45) is 5.92 Å². The van der Waals surface area contributed by atoms with Gasteiger partial charge in [0.1, 0.15) is 11.5 Å². The van der Waals surface area contributed by atoms with Crippen LogP contribution in [0, 0.1) is 5.92 Å². The second kappa shape index (κ2) is 6.66. The number of benzene rings is 1. The van der Waals surface area contributed by atoms with E-state index in [0.29, 0.717) is 24.7 Å². The van der Waals surface area contributed by atoms with Crippen LogP contribution >= 0.6 is 11.8 Å². The van der Waals surface area contributed by atoms with Crippen LogP contribution in [0.2, 0.25) is 0 Å². The van der Waals surface area contributed by atoms with Gasteiger partial charge in [-0.25, -0.2) is 0 Å². The van der Waals surface area contributed by atoms with E-state index in [4.69, 9.17) is 4.74 Å². The smallest absolute Gasteiger partial charge is 0.136 e. The van der Waals surface area contributed by atoms with E-state index in [2.05, 4.69) is 11.8 Å². The van der Waals surface area contributed by atoms with Crippen molar-refractivity contribution in [3.05, 3.63) is 30.3 Å². The molecule has 2 atom stereocenters. The van der Waals surface area contributed by atoms with Gasteiger partial charge >= 0.3 is 0 Å². The fourth-order valence-corrected chi connectivity index (χ4v) is 5.05. The van der Waals surface area contributed by atoms with Gasteiger partial charge in [0.25, 0.3) is 0 Å². The van der Waals surface area contributed by atoms with E-state index in [-0.39, 0.29) is 0 Å². The van der Waals surface area contributed by atoms with Gasteiger partial charge in [-0.1, -0.05) is 18.2 Å². The quantitative estimate of drug-likeness (QED) is 0.738. The Labute approximate surface area is 125 Å². The molecule has 0 spiro atoms. The molecule has 2 aliphatic heterocycles. The van der Waals surface area contributed by atoms with Crippen LogP contribution < -0.4 is 4.74 Å². The van der Waals surface area contributed by atoms with Crippen molar-refractivity contribution in [1.82, 2.24) is 0 Å². The third-order valence-corrected chi connectivity index (χ3v) is 5.95.